The zero-order valence-corrected chi connectivity index (χ0v) is 19.5. The molecule has 0 aliphatic carbocycles. The third kappa shape index (κ3) is 4.22. The van der Waals surface area contributed by atoms with Crippen LogP contribution in [0.2, 0.25) is 0 Å². The summed E-state index contributed by atoms with van der Waals surface area (Å²) in [5, 5.41) is 2.68. The number of hydrogen-bond acceptors (Lipinski definition) is 6. The summed E-state index contributed by atoms with van der Waals surface area (Å²) in [5.41, 5.74) is 1.38. The molecule has 0 aromatic carbocycles. The maximum atomic E-state index is 13.7. The molecule has 0 amide bonds. The number of rotatable bonds is 8. The van der Waals surface area contributed by atoms with Crippen LogP contribution in [-0.2, 0) is 13.0 Å². The van der Waals surface area contributed by atoms with E-state index in [1.54, 1.807) is 33.4 Å². The monoisotopic (exact) mass is 455 g/mol. The van der Waals surface area contributed by atoms with Crippen molar-refractivity contribution in [2.24, 2.45) is 0 Å². The summed E-state index contributed by atoms with van der Waals surface area (Å²) in [6.45, 7) is 6.85. The molecule has 0 spiro atoms. The Balaban J connectivity index is 1.83. The van der Waals surface area contributed by atoms with E-state index >= 15 is 0 Å². The Morgan fingerprint density at radius 2 is 2.06 bits per heavy atom. The number of aromatic amines is 1. The number of aryl methyl sites for hydroxylation is 2. The normalized spacial score (nSPS) is 11.3. The first-order valence-corrected chi connectivity index (χ1v) is 12.1. The Bertz CT molecular complexity index is 1320. The zero-order valence-electron chi connectivity index (χ0n) is 17.9. The fraction of sp³-hybridized carbons (Fsp3) is 0.348. The quantitative estimate of drug-likeness (QED) is 0.407. The highest BCUT2D eigenvalue weighted by Gasteiger charge is 2.20. The van der Waals surface area contributed by atoms with Crippen LogP contribution in [0.5, 0.6) is 5.75 Å². The molecule has 0 radical (unpaired) electrons. The van der Waals surface area contributed by atoms with Gasteiger partial charge in [-0.15, -0.1) is 22.7 Å². The molecule has 0 aliphatic rings. The molecule has 6 nitrogen and oxygen atoms in total. The standard InChI is InChI=1S/C23H25N3O3S2/c1-4-7-19-25-22-21(20(14(3)31-22)18-8-6-10-30-18)23(28)26(19)13-15-11-16(27)17(12-24-15)29-9-5-2/h6,8,10-12H,4-5,7,9,13H2,1-3H3,(H,24,27). The summed E-state index contributed by atoms with van der Waals surface area (Å²) in [4.78, 5) is 37.0. The van der Waals surface area contributed by atoms with Crippen molar-refractivity contribution >= 4 is 32.9 Å². The molecule has 162 valence electrons. The molecule has 4 aromatic heterocycles. The number of ether oxygens (including phenoxy) is 1. The van der Waals surface area contributed by atoms with Crippen LogP contribution < -0.4 is 15.7 Å². The molecule has 1 N–H and O–H groups in total. The maximum absolute atomic E-state index is 13.7. The Hall–Kier alpha value is -2.71. The Labute approximate surface area is 188 Å². The minimum atomic E-state index is -0.188. The minimum absolute atomic E-state index is 0.0617. The largest absolute Gasteiger partial charge is 0.488 e. The van der Waals surface area contributed by atoms with Crippen molar-refractivity contribution in [3.63, 3.8) is 0 Å². The first kappa shape index (κ1) is 21.5. The summed E-state index contributed by atoms with van der Waals surface area (Å²) in [5.74, 6) is 1.04. The van der Waals surface area contributed by atoms with E-state index in [-0.39, 0.29) is 17.5 Å². The molecule has 31 heavy (non-hydrogen) atoms. The molecule has 8 heteroatoms. The lowest BCUT2D eigenvalue weighted by molar-refractivity contribution is 0.313. The van der Waals surface area contributed by atoms with E-state index < -0.39 is 0 Å². The van der Waals surface area contributed by atoms with E-state index in [2.05, 4.69) is 11.9 Å². The van der Waals surface area contributed by atoms with Gasteiger partial charge < -0.3 is 9.72 Å². The summed E-state index contributed by atoms with van der Waals surface area (Å²) in [6.07, 6.45) is 3.98. The SMILES string of the molecule is CCCOc1c[nH]c(Cn2c(CCC)nc3sc(C)c(-c4cccs4)c3c2=O)cc1=O. The second-order valence-electron chi connectivity index (χ2n) is 7.40. The van der Waals surface area contributed by atoms with Gasteiger partial charge in [-0.25, -0.2) is 4.98 Å². The fourth-order valence-electron chi connectivity index (χ4n) is 3.62. The third-order valence-electron chi connectivity index (χ3n) is 5.04. The summed E-state index contributed by atoms with van der Waals surface area (Å²) in [6, 6.07) is 5.54. The number of nitrogens with zero attached hydrogens (tertiary/aromatic N) is 2. The number of pyridine rings is 1. The van der Waals surface area contributed by atoms with Crippen LogP contribution in [0.25, 0.3) is 20.7 Å². The van der Waals surface area contributed by atoms with Crippen LogP contribution in [0.4, 0.5) is 0 Å². The highest BCUT2D eigenvalue weighted by atomic mass is 32.1. The molecule has 4 heterocycles. The predicted octanol–water partition coefficient (Wildman–Crippen LogP) is 4.97. The van der Waals surface area contributed by atoms with Gasteiger partial charge in [0.2, 0.25) is 5.43 Å². The van der Waals surface area contributed by atoms with Crippen molar-refractivity contribution < 1.29 is 4.74 Å². The van der Waals surface area contributed by atoms with E-state index in [1.807, 2.05) is 31.4 Å². The first-order valence-electron chi connectivity index (χ1n) is 10.4. The Kier molecular flexibility index (Phi) is 6.38. The zero-order chi connectivity index (χ0) is 22.0. The average molecular weight is 456 g/mol. The predicted molar refractivity (Wildman–Crippen MR) is 128 cm³/mol. The van der Waals surface area contributed by atoms with Gasteiger partial charge in [-0.2, -0.15) is 0 Å². The lowest BCUT2D eigenvalue weighted by atomic mass is 10.1. The van der Waals surface area contributed by atoms with Gasteiger partial charge in [-0.1, -0.05) is 19.9 Å². The highest BCUT2D eigenvalue weighted by Crippen LogP contribution is 2.38. The number of hydrogen-bond donors (Lipinski definition) is 1. The Morgan fingerprint density at radius 1 is 1.23 bits per heavy atom. The van der Waals surface area contributed by atoms with Gasteiger partial charge in [0.05, 0.1) is 18.5 Å². The van der Waals surface area contributed by atoms with Gasteiger partial charge in [0, 0.05) is 39.7 Å². The second kappa shape index (κ2) is 9.20. The second-order valence-corrected chi connectivity index (χ2v) is 9.55. The summed E-state index contributed by atoms with van der Waals surface area (Å²) in [7, 11) is 0. The molecule has 4 aromatic rings. The van der Waals surface area contributed by atoms with Crippen molar-refractivity contribution in [3.8, 4) is 16.2 Å². The van der Waals surface area contributed by atoms with Gasteiger partial charge in [0.25, 0.3) is 5.56 Å². The molecule has 0 fully saturated rings. The van der Waals surface area contributed by atoms with Gasteiger partial charge in [0.1, 0.15) is 10.7 Å². The molecule has 4 rings (SSSR count). The average Bonchev–Trinajstić information content (AvgIpc) is 3.37. The molecule has 0 aliphatic heterocycles. The molecule has 0 bridgehead atoms. The van der Waals surface area contributed by atoms with E-state index in [0.29, 0.717) is 29.9 Å². The van der Waals surface area contributed by atoms with Gasteiger partial charge >= 0.3 is 0 Å². The van der Waals surface area contributed by atoms with Crippen LogP contribution in [0.15, 0.2) is 39.4 Å². The van der Waals surface area contributed by atoms with Crippen LogP contribution in [0, 0.1) is 6.92 Å². The maximum Gasteiger partial charge on any atom is 0.263 e. The van der Waals surface area contributed by atoms with Crippen molar-refractivity contribution in [1.29, 1.82) is 0 Å². The molecule has 0 atom stereocenters. The minimum Gasteiger partial charge on any atom is -0.488 e. The van der Waals surface area contributed by atoms with Crippen molar-refractivity contribution in [2.75, 3.05) is 6.61 Å². The van der Waals surface area contributed by atoms with Crippen molar-refractivity contribution in [1.82, 2.24) is 14.5 Å². The third-order valence-corrected chi connectivity index (χ3v) is 6.92. The van der Waals surface area contributed by atoms with Gasteiger partial charge in [-0.05, 0) is 31.2 Å². The van der Waals surface area contributed by atoms with Crippen LogP contribution >= 0.6 is 22.7 Å². The van der Waals surface area contributed by atoms with E-state index in [4.69, 9.17) is 9.72 Å². The van der Waals surface area contributed by atoms with Gasteiger partial charge in [-0.3, -0.25) is 14.2 Å². The molecule has 0 saturated heterocycles. The molecular weight excluding hydrogens is 430 g/mol. The Morgan fingerprint density at radius 3 is 2.74 bits per heavy atom. The van der Waals surface area contributed by atoms with Gasteiger partial charge in [0.15, 0.2) is 5.75 Å². The highest BCUT2D eigenvalue weighted by molar-refractivity contribution is 7.20. The van der Waals surface area contributed by atoms with Crippen molar-refractivity contribution in [2.45, 2.75) is 46.6 Å². The molecular formula is C23H25N3O3S2. The smallest absolute Gasteiger partial charge is 0.263 e. The molecule has 0 saturated carbocycles. The topological polar surface area (TPSA) is 77.0 Å². The van der Waals surface area contributed by atoms with E-state index in [9.17, 15) is 9.59 Å². The van der Waals surface area contributed by atoms with E-state index in [0.717, 1.165) is 38.8 Å². The lowest BCUT2D eigenvalue weighted by Gasteiger charge is -2.13. The fourth-order valence-corrected chi connectivity index (χ4v) is 5.56. The number of H-pyrrole nitrogens is 1. The number of aromatic nitrogens is 3. The first-order chi connectivity index (χ1) is 15.0. The molecule has 0 unspecified atom stereocenters. The summed E-state index contributed by atoms with van der Waals surface area (Å²) >= 11 is 3.19. The summed E-state index contributed by atoms with van der Waals surface area (Å²) < 4.78 is 7.17. The van der Waals surface area contributed by atoms with Crippen LogP contribution in [0.1, 0.15) is 43.1 Å². The van der Waals surface area contributed by atoms with Crippen LogP contribution in [0.3, 0.4) is 0 Å². The number of fused-ring (bicyclic) bond motifs is 1. The lowest BCUT2D eigenvalue weighted by Crippen LogP contribution is -2.26. The number of thiophene rings is 2. The van der Waals surface area contributed by atoms with Crippen molar-refractivity contribution in [3.05, 3.63) is 66.7 Å². The van der Waals surface area contributed by atoms with Crippen LogP contribution in [-0.4, -0.2) is 21.1 Å². The number of nitrogens with one attached hydrogen (secondary N) is 1. The van der Waals surface area contributed by atoms with E-state index in [1.165, 1.54) is 6.07 Å².